The quantitative estimate of drug-likeness (QED) is 0.855. The number of hydrogen-bond donors (Lipinski definition) is 1. The van der Waals surface area contributed by atoms with Crippen LogP contribution >= 0.6 is 11.8 Å². The third kappa shape index (κ3) is 4.93. The Morgan fingerprint density at radius 2 is 1.90 bits per heavy atom. The van der Waals surface area contributed by atoms with Gasteiger partial charge in [0.25, 0.3) is 0 Å². The molecule has 108 valence electrons. The van der Waals surface area contributed by atoms with Gasteiger partial charge in [0.15, 0.2) is 0 Å². The van der Waals surface area contributed by atoms with E-state index >= 15 is 0 Å². The monoisotopic (exact) mass is 296 g/mol. The number of benzene rings is 2. The standard InChI is InChI=1S/C18H20N2S/c1-14(2)12-20-13-15-8-9-18(16(10-15)11-19)21-17-6-4-3-5-7-17/h3-10,14,20H,12-13H2,1-2H3. The minimum absolute atomic E-state index is 0.633. The summed E-state index contributed by atoms with van der Waals surface area (Å²) in [4.78, 5) is 2.16. The topological polar surface area (TPSA) is 35.8 Å². The molecule has 0 aliphatic heterocycles. The first-order chi connectivity index (χ1) is 10.2. The second kappa shape index (κ2) is 7.87. The lowest BCUT2D eigenvalue weighted by Gasteiger charge is -2.09. The van der Waals surface area contributed by atoms with Gasteiger partial charge in [-0.3, -0.25) is 0 Å². The van der Waals surface area contributed by atoms with Gasteiger partial charge in [0.1, 0.15) is 6.07 Å². The van der Waals surface area contributed by atoms with E-state index in [2.05, 4.69) is 43.4 Å². The maximum absolute atomic E-state index is 9.35. The van der Waals surface area contributed by atoms with Crippen molar-refractivity contribution in [2.24, 2.45) is 5.92 Å². The Morgan fingerprint density at radius 3 is 2.57 bits per heavy atom. The molecule has 0 heterocycles. The van der Waals surface area contributed by atoms with Crippen LogP contribution in [0.1, 0.15) is 25.0 Å². The van der Waals surface area contributed by atoms with Gasteiger partial charge in [-0.2, -0.15) is 5.26 Å². The van der Waals surface area contributed by atoms with E-state index in [1.807, 2.05) is 30.3 Å². The number of rotatable bonds is 6. The van der Waals surface area contributed by atoms with Crippen molar-refractivity contribution in [1.29, 1.82) is 5.26 Å². The number of nitrogens with zero attached hydrogens (tertiary/aromatic N) is 1. The lowest BCUT2D eigenvalue weighted by Crippen LogP contribution is -2.18. The van der Waals surface area contributed by atoms with Crippen molar-refractivity contribution in [1.82, 2.24) is 5.32 Å². The van der Waals surface area contributed by atoms with Gasteiger partial charge in [0.05, 0.1) is 5.56 Å². The Hall–Kier alpha value is -1.76. The zero-order chi connectivity index (χ0) is 15.1. The summed E-state index contributed by atoms with van der Waals surface area (Å²) in [6, 6.07) is 18.6. The molecule has 2 aromatic rings. The molecular formula is C18H20N2S. The van der Waals surface area contributed by atoms with Gasteiger partial charge in [-0.25, -0.2) is 0 Å². The van der Waals surface area contributed by atoms with Crippen molar-refractivity contribution in [2.45, 2.75) is 30.2 Å². The Kier molecular flexibility index (Phi) is 5.86. The zero-order valence-electron chi connectivity index (χ0n) is 12.5. The van der Waals surface area contributed by atoms with Gasteiger partial charge in [-0.15, -0.1) is 0 Å². The summed E-state index contributed by atoms with van der Waals surface area (Å²) in [6.07, 6.45) is 0. The van der Waals surface area contributed by atoms with E-state index in [9.17, 15) is 5.26 Å². The van der Waals surface area contributed by atoms with Crippen molar-refractivity contribution in [2.75, 3.05) is 6.54 Å². The fourth-order valence-electron chi connectivity index (χ4n) is 1.98. The molecule has 0 aliphatic carbocycles. The maximum Gasteiger partial charge on any atom is 0.100 e. The highest BCUT2D eigenvalue weighted by Crippen LogP contribution is 2.30. The van der Waals surface area contributed by atoms with Gasteiger partial charge in [-0.1, -0.05) is 49.9 Å². The van der Waals surface area contributed by atoms with Crippen LogP contribution in [-0.2, 0) is 6.54 Å². The van der Waals surface area contributed by atoms with E-state index in [1.165, 1.54) is 0 Å². The second-order valence-electron chi connectivity index (χ2n) is 5.38. The third-order valence-electron chi connectivity index (χ3n) is 3.02. The van der Waals surface area contributed by atoms with E-state index in [0.29, 0.717) is 5.92 Å². The molecule has 0 fully saturated rings. The molecule has 2 nitrogen and oxygen atoms in total. The van der Waals surface area contributed by atoms with Gasteiger partial charge in [0.2, 0.25) is 0 Å². The highest BCUT2D eigenvalue weighted by atomic mass is 32.2. The minimum atomic E-state index is 0.633. The molecule has 0 aliphatic rings. The van der Waals surface area contributed by atoms with Crippen molar-refractivity contribution in [3.63, 3.8) is 0 Å². The summed E-state index contributed by atoms with van der Waals surface area (Å²) in [5.41, 5.74) is 1.90. The van der Waals surface area contributed by atoms with Crippen molar-refractivity contribution >= 4 is 11.8 Å². The molecule has 0 aromatic heterocycles. The molecule has 0 atom stereocenters. The molecular weight excluding hydrogens is 276 g/mol. The summed E-state index contributed by atoms with van der Waals surface area (Å²) < 4.78 is 0. The largest absolute Gasteiger partial charge is 0.312 e. The van der Waals surface area contributed by atoms with Crippen LogP contribution in [0, 0.1) is 17.2 Å². The Balaban J connectivity index is 2.08. The van der Waals surface area contributed by atoms with Crippen LogP contribution in [0.2, 0.25) is 0 Å². The maximum atomic E-state index is 9.35. The molecule has 2 rings (SSSR count). The first kappa shape index (κ1) is 15.6. The summed E-state index contributed by atoms with van der Waals surface area (Å²) in [6.45, 7) is 6.17. The van der Waals surface area contributed by atoms with E-state index in [4.69, 9.17) is 0 Å². The molecule has 0 spiro atoms. The summed E-state index contributed by atoms with van der Waals surface area (Å²) in [5, 5.41) is 12.8. The van der Waals surface area contributed by atoms with Crippen LogP contribution in [0.3, 0.4) is 0 Å². The highest BCUT2D eigenvalue weighted by Gasteiger charge is 2.06. The molecule has 3 heteroatoms. The van der Waals surface area contributed by atoms with Gasteiger partial charge >= 0.3 is 0 Å². The molecule has 2 aromatic carbocycles. The normalized spacial score (nSPS) is 10.6. The molecule has 0 amide bonds. The van der Waals surface area contributed by atoms with Crippen LogP contribution < -0.4 is 5.32 Å². The summed E-state index contributed by atoms with van der Waals surface area (Å²) in [7, 11) is 0. The Morgan fingerprint density at radius 1 is 1.14 bits per heavy atom. The van der Waals surface area contributed by atoms with Crippen LogP contribution in [0.4, 0.5) is 0 Å². The first-order valence-electron chi connectivity index (χ1n) is 7.15. The lowest BCUT2D eigenvalue weighted by molar-refractivity contribution is 0.552. The molecule has 0 bridgehead atoms. The summed E-state index contributed by atoms with van der Waals surface area (Å²) >= 11 is 1.63. The number of nitrogens with one attached hydrogen (secondary N) is 1. The van der Waals surface area contributed by atoms with E-state index < -0.39 is 0 Å². The molecule has 21 heavy (non-hydrogen) atoms. The van der Waals surface area contributed by atoms with Crippen LogP contribution in [0.5, 0.6) is 0 Å². The average Bonchev–Trinajstić information content (AvgIpc) is 2.49. The van der Waals surface area contributed by atoms with Crippen LogP contribution in [0.25, 0.3) is 0 Å². The molecule has 0 saturated heterocycles. The van der Waals surface area contributed by atoms with Crippen LogP contribution in [-0.4, -0.2) is 6.54 Å². The van der Waals surface area contributed by atoms with Crippen LogP contribution in [0.15, 0.2) is 58.3 Å². The fraction of sp³-hybridized carbons (Fsp3) is 0.278. The van der Waals surface area contributed by atoms with Gasteiger partial charge in [-0.05, 0) is 42.3 Å². The molecule has 0 radical (unpaired) electrons. The zero-order valence-corrected chi connectivity index (χ0v) is 13.3. The smallest absolute Gasteiger partial charge is 0.100 e. The number of hydrogen-bond acceptors (Lipinski definition) is 3. The third-order valence-corrected chi connectivity index (χ3v) is 4.10. The predicted molar refractivity (Wildman–Crippen MR) is 88.3 cm³/mol. The lowest BCUT2D eigenvalue weighted by atomic mass is 10.1. The van der Waals surface area contributed by atoms with Crippen molar-refractivity contribution in [3.8, 4) is 6.07 Å². The highest BCUT2D eigenvalue weighted by molar-refractivity contribution is 7.99. The van der Waals surface area contributed by atoms with E-state index in [1.54, 1.807) is 11.8 Å². The van der Waals surface area contributed by atoms with E-state index in [0.717, 1.165) is 34.0 Å². The molecule has 1 N–H and O–H groups in total. The van der Waals surface area contributed by atoms with Gasteiger partial charge in [0, 0.05) is 16.3 Å². The Bertz CT molecular complexity index is 615. The first-order valence-corrected chi connectivity index (χ1v) is 7.97. The van der Waals surface area contributed by atoms with Gasteiger partial charge < -0.3 is 5.32 Å². The average molecular weight is 296 g/mol. The summed E-state index contributed by atoms with van der Waals surface area (Å²) in [5.74, 6) is 0.633. The van der Waals surface area contributed by atoms with Crippen molar-refractivity contribution < 1.29 is 0 Å². The molecule has 0 saturated carbocycles. The fourth-order valence-corrected chi connectivity index (χ4v) is 2.88. The SMILES string of the molecule is CC(C)CNCc1ccc(Sc2ccccc2)c(C#N)c1. The molecule has 0 unspecified atom stereocenters. The van der Waals surface area contributed by atoms with Crippen molar-refractivity contribution in [3.05, 3.63) is 59.7 Å². The Labute approximate surface area is 131 Å². The van der Waals surface area contributed by atoms with E-state index in [-0.39, 0.29) is 0 Å². The second-order valence-corrected chi connectivity index (χ2v) is 6.50. The minimum Gasteiger partial charge on any atom is -0.312 e. The number of nitriles is 1. The predicted octanol–water partition coefficient (Wildman–Crippen LogP) is 4.46.